The van der Waals surface area contributed by atoms with Crippen LogP contribution < -0.4 is 5.32 Å². The average Bonchev–Trinajstić information content (AvgIpc) is 2.44. The highest BCUT2D eigenvalue weighted by atomic mass is 79.9. The molecule has 1 atom stereocenters. The van der Waals surface area contributed by atoms with Crippen molar-refractivity contribution < 1.29 is 8.78 Å². The minimum absolute atomic E-state index is 0.116. The highest BCUT2D eigenvalue weighted by molar-refractivity contribution is 9.10. The van der Waals surface area contributed by atoms with E-state index in [0.717, 1.165) is 5.56 Å². The summed E-state index contributed by atoms with van der Waals surface area (Å²) < 4.78 is 27.4. The van der Waals surface area contributed by atoms with Gasteiger partial charge in [0.15, 0.2) is 0 Å². The Labute approximate surface area is 130 Å². The molecule has 0 radical (unpaired) electrons. The molecule has 2 aromatic rings. The van der Waals surface area contributed by atoms with Crippen molar-refractivity contribution in [1.82, 2.24) is 5.32 Å². The molecular weight excluding hydrogens is 348 g/mol. The molecule has 0 spiro atoms. The van der Waals surface area contributed by atoms with Crippen molar-refractivity contribution in [3.63, 3.8) is 0 Å². The standard InChI is InChI=1S/C15H13BrClF2N/c1-20-14(9-5-6-11(16)13(19)7-9)8-10-3-2-4-12(18)15(10)17/h2-7,14,20H,8H2,1H3. The molecule has 0 aliphatic carbocycles. The zero-order chi connectivity index (χ0) is 14.7. The van der Waals surface area contributed by atoms with Gasteiger partial charge >= 0.3 is 0 Å². The van der Waals surface area contributed by atoms with Crippen LogP contribution in [0.2, 0.25) is 5.02 Å². The molecule has 2 rings (SSSR count). The lowest BCUT2D eigenvalue weighted by atomic mass is 9.99. The maximum Gasteiger partial charge on any atom is 0.142 e. The molecule has 0 aromatic heterocycles. The molecular formula is C15H13BrClF2N. The van der Waals surface area contributed by atoms with E-state index in [4.69, 9.17) is 11.6 Å². The van der Waals surface area contributed by atoms with Crippen molar-refractivity contribution in [2.75, 3.05) is 7.05 Å². The lowest BCUT2D eigenvalue weighted by molar-refractivity contribution is 0.571. The number of hydrogen-bond donors (Lipinski definition) is 1. The normalized spacial score (nSPS) is 12.4. The van der Waals surface area contributed by atoms with Crippen molar-refractivity contribution in [3.05, 3.63) is 68.7 Å². The van der Waals surface area contributed by atoms with E-state index in [2.05, 4.69) is 21.2 Å². The Balaban J connectivity index is 2.28. The number of benzene rings is 2. The largest absolute Gasteiger partial charge is 0.313 e. The molecule has 5 heteroatoms. The van der Waals surface area contributed by atoms with Crippen LogP contribution >= 0.6 is 27.5 Å². The summed E-state index contributed by atoms with van der Waals surface area (Å²) in [5.74, 6) is -0.769. The van der Waals surface area contributed by atoms with Gasteiger partial charge in [0.25, 0.3) is 0 Å². The molecule has 0 saturated carbocycles. The van der Waals surface area contributed by atoms with Gasteiger partial charge in [-0.1, -0.05) is 29.8 Å². The van der Waals surface area contributed by atoms with E-state index in [1.165, 1.54) is 12.1 Å². The van der Waals surface area contributed by atoms with Gasteiger partial charge in [0.2, 0.25) is 0 Å². The number of hydrogen-bond acceptors (Lipinski definition) is 1. The van der Waals surface area contributed by atoms with E-state index in [1.807, 2.05) is 6.07 Å². The summed E-state index contributed by atoms with van der Waals surface area (Å²) in [5.41, 5.74) is 1.47. The zero-order valence-electron chi connectivity index (χ0n) is 10.8. The van der Waals surface area contributed by atoms with Gasteiger partial charge in [-0.15, -0.1) is 0 Å². The molecule has 106 valence electrons. The molecule has 0 heterocycles. The first-order valence-electron chi connectivity index (χ1n) is 6.08. The smallest absolute Gasteiger partial charge is 0.142 e. The molecule has 0 amide bonds. The summed E-state index contributed by atoms with van der Waals surface area (Å²) in [7, 11) is 1.78. The Hall–Kier alpha value is -0.970. The number of rotatable bonds is 4. The van der Waals surface area contributed by atoms with Crippen LogP contribution in [0, 0.1) is 11.6 Å². The van der Waals surface area contributed by atoms with Gasteiger partial charge in [-0.05, 0) is 58.7 Å². The summed E-state index contributed by atoms with van der Waals surface area (Å²) >= 11 is 9.08. The molecule has 0 fully saturated rings. The van der Waals surface area contributed by atoms with Crippen LogP contribution in [0.15, 0.2) is 40.9 Å². The van der Waals surface area contributed by atoms with E-state index in [-0.39, 0.29) is 16.9 Å². The topological polar surface area (TPSA) is 12.0 Å². The van der Waals surface area contributed by atoms with E-state index >= 15 is 0 Å². The summed E-state index contributed by atoms with van der Waals surface area (Å²) in [5, 5.41) is 3.21. The Bertz CT molecular complexity index is 619. The van der Waals surface area contributed by atoms with E-state index < -0.39 is 5.82 Å². The Morgan fingerprint density at radius 1 is 1.20 bits per heavy atom. The van der Waals surface area contributed by atoms with Crippen LogP contribution in [-0.4, -0.2) is 7.05 Å². The fraction of sp³-hybridized carbons (Fsp3) is 0.200. The van der Waals surface area contributed by atoms with Crippen LogP contribution in [0.5, 0.6) is 0 Å². The van der Waals surface area contributed by atoms with E-state index in [1.54, 1.807) is 25.2 Å². The van der Waals surface area contributed by atoms with Crippen LogP contribution in [0.3, 0.4) is 0 Å². The van der Waals surface area contributed by atoms with Gasteiger partial charge in [0.05, 0.1) is 9.50 Å². The SMILES string of the molecule is CNC(Cc1cccc(F)c1Cl)c1ccc(Br)c(F)c1. The fourth-order valence-electron chi connectivity index (χ4n) is 2.04. The lowest BCUT2D eigenvalue weighted by Crippen LogP contribution is -2.19. The van der Waals surface area contributed by atoms with Crippen molar-refractivity contribution >= 4 is 27.5 Å². The number of halogens is 4. The third kappa shape index (κ3) is 3.37. The van der Waals surface area contributed by atoms with Crippen LogP contribution in [0.1, 0.15) is 17.2 Å². The van der Waals surface area contributed by atoms with Crippen molar-refractivity contribution in [3.8, 4) is 0 Å². The molecule has 0 bridgehead atoms. The fourth-order valence-corrected chi connectivity index (χ4v) is 2.49. The number of nitrogens with one attached hydrogen (secondary N) is 1. The monoisotopic (exact) mass is 359 g/mol. The zero-order valence-corrected chi connectivity index (χ0v) is 13.1. The Kier molecular flexibility index (Phi) is 5.13. The second-order valence-corrected chi connectivity index (χ2v) is 5.66. The third-order valence-corrected chi connectivity index (χ3v) is 4.22. The second kappa shape index (κ2) is 6.66. The third-order valence-electron chi connectivity index (χ3n) is 3.15. The molecule has 1 nitrogen and oxygen atoms in total. The molecule has 0 aliphatic heterocycles. The predicted molar refractivity (Wildman–Crippen MR) is 81.0 cm³/mol. The quantitative estimate of drug-likeness (QED) is 0.819. The highest BCUT2D eigenvalue weighted by Crippen LogP contribution is 2.27. The molecule has 1 N–H and O–H groups in total. The van der Waals surface area contributed by atoms with Crippen molar-refractivity contribution in [2.24, 2.45) is 0 Å². The van der Waals surface area contributed by atoms with Gasteiger partial charge in [0, 0.05) is 6.04 Å². The predicted octanol–water partition coefficient (Wildman–Crippen LogP) is 4.88. The molecule has 1 unspecified atom stereocenters. The first-order valence-corrected chi connectivity index (χ1v) is 7.25. The first-order chi connectivity index (χ1) is 9.52. The van der Waals surface area contributed by atoms with Crippen molar-refractivity contribution in [2.45, 2.75) is 12.5 Å². The summed E-state index contributed by atoms with van der Waals surface area (Å²) in [6.07, 6.45) is 0.480. The lowest BCUT2D eigenvalue weighted by Gasteiger charge is -2.18. The van der Waals surface area contributed by atoms with E-state index in [9.17, 15) is 8.78 Å². The number of likely N-dealkylation sites (N-methyl/N-ethyl adjacent to an activating group) is 1. The second-order valence-electron chi connectivity index (χ2n) is 4.43. The van der Waals surface area contributed by atoms with Gasteiger partial charge in [-0.3, -0.25) is 0 Å². The highest BCUT2D eigenvalue weighted by Gasteiger charge is 2.15. The maximum atomic E-state index is 13.6. The molecule has 20 heavy (non-hydrogen) atoms. The van der Waals surface area contributed by atoms with Gasteiger partial charge in [-0.25, -0.2) is 8.78 Å². The van der Waals surface area contributed by atoms with Crippen molar-refractivity contribution in [1.29, 1.82) is 0 Å². The van der Waals surface area contributed by atoms with Crippen LogP contribution in [-0.2, 0) is 6.42 Å². The van der Waals surface area contributed by atoms with Gasteiger partial charge in [-0.2, -0.15) is 0 Å². The summed E-state index contributed by atoms with van der Waals surface area (Å²) in [6.45, 7) is 0. The minimum atomic E-state index is -0.444. The molecule has 0 aliphatic rings. The molecule has 2 aromatic carbocycles. The molecule has 0 saturated heterocycles. The first kappa shape index (κ1) is 15.4. The Morgan fingerprint density at radius 3 is 2.60 bits per heavy atom. The summed E-state index contributed by atoms with van der Waals surface area (Å²) in [4.78, 5) is 0. The van der Waals surface area contributed by atoms with Crippen LogP contribution in [0.25, 0.3) is 0 Å². The van der Waals surface area contributed by atoms with Gasteiger partial charge in [0.1, 0.15) is 11.6 Å². The maximum absolute atomic E-state index is 13.6. The summed E-state index contributed by atoms with van der Waals surface area (Å²) in [6, 6.07) is 9.50. The minimum Gasteiger partial charge on any atom is -0.313 e. The average molecular weight is 361 g/mol. The van der Waals surface area contributed by atoms with Crippen LogP contribution in [0.4, 0.5) is 8.78 Å². The van der Waals surface area contributed by atoms with E-state index in [0.29, 0.717) is 16.5 Å². The Morgan fingerprint density at radius 2 is 1.95 bits per heavy atom. The van der Waals surface area contributed by atoms with Gasteiger partial charge < -0.3 is 5.32 Å².